The zero-order valence-electron chi connectivity index (χ0n) is 12.0. The standard InChI is InChI=1S/C15H19N3O3/c1-17(11-6-10-16)15(21)18(12-5-9-14(19)20)13-7-3-2-4-8-13/h2-4,7-8H,5-6,9,11-12H2,1H3,(H,19,20). The monoisotopic (exact) mass is 289 g/mol. The van der Waals surface area contributed by atoms with Crippen molar-refractivity contribution < 1.29 is 14.7 Å². The Morgan fingerprint density at radius 2 is 1.90 bits per heavy atom. The van der Waals surface area contributed by atoms with Gasteiger partial charge in [0.25, 0.3) is 0 Å². The predicted molar refractivity (Wildman–Crippen MR) is 78.9 cm³/mol. The first-order valence-electron chi connectivity index (χ1n) is 6.72. The summed E-state index contributed by atoms with van der Waals surface area (Å²) >= 11 is 0. The lowest BCUT2D eigenvalue weighted by atomic mass is 10.2. The summed E-state index contributed by atoms with van der Waals surface area (Å²) in [6.45, 7) is 0.670. The molecule has 2 amide bonds. The Kier molecular flexibility index (Phi) is 6.75. The Hall–Kier alpha value is -2.55. The van der Waals surface area contributed by atoms with E-state index >= 15 is 0 Å². The molecule has 0 aliphatic rings. The highest BCUT2D eigenvalue weighted by Gasteiger charge is 2.19. The fourth-order valence-electron chi connectivity index (χ4n) is 1.85. The van der Waals surface area contributed by atoms with Crippen LogP contribution < -0.4 is 4.90 Å². The highest BCUT2D eigenvalue weighted by atomic mass is 16.4. The molecule has 1 N–H and O–H groups in total. The Morgan fingerprint density at radius 1 is 1.24 bits per heavy atom. The molecular formula is C15H19N3O3. The number of anilines is 1. The molecule has 0 bridgehead atoms. The number of hydrogen-bond acceptors (Lipinski definition) is 3. The van der Waals surface area contributed by atoms with Gasteiger partial charge in [0, 0.05) is 32.2 Å². The average Bonchev–Trinajstić information content (AvgIpc) is 2.49. The molecule has 0 saturated carbocycles. The highest BCUT2D eigenvalue weighted by Crippen LogP contribution is 2.16. The number of carboxylic acid groups (broad SMARTS) is 1. The fourth-order valence-corrected chi connectivity index (χ4v) is 1.85. The number of aliphatic carboxylic acids is 1. The van der Waals surface area contributed by atoms with Gasteiger partial charge < -0.3 is 10.0 Å². The first-order valence-corrected chi connectivity index (χ1v) is 6.72. The normalized spacial score (nSPS) is 9.71. The Balaban J connectivity index is 2.78. The van der Waals surface area contributed by atoms with Crippen molar-refractivity contribution in [2.45, 2.75) is 19.3 Å². The second-order valence-corrected chi connectivity index (χ2v) is 4.60. The number of urea groups is 1. The van der Waals surface area contributed by atoms with Crippen molar-refractivity contribution in [3.8, 4) is 6.07 Å². The van der Waals surface area contributed by atoms with Crippen LogP contribution in [0.1, 0.15) is 19.3 Å². The molecule has 0 spiro atoms. The average molecular weight is 289 g/mol. The van der Waals surface area contributed by atoms with Crippen LogP contribution >= 0.6 is 0 Å². The number of hydrogen-bond donors (Lipinski definition) is 1. The smallest absolute Gasteiger partial charge is 0.324 e. The van der Waals surface area contributed by atoms with E-state index in [1.807, 2.05) is 24.3 Å². The van der Waals surface area contributed by atoms with E-state index in [0.717, 1.165) is 5.69 Å². The summed E-state index contributed by atoms with van der Waals surface area (Å²) in [5.74, 6) is -0.881. The van der Waals surface area contributed by atoms with Crippen LogP contribution in [-0.4, -0.2) is 42.1 Å². The van der Waals surface area contributed by atoms with Gasteiger partial charge in [-0.25, -0.2) is 4.79 Å². The van der Waals surface area contributed by atoms with Crippen molar-refractivity contribution in [1.82, 2.24) is 4.90 Å². The molecule has 0 fully saturated rings. The molecule has 0 saturated heterocycles. The van der Waals surface area contributed by atoms with Gasteiger partial charge in [0.2, 0.25) is 0 Å². The van der Waals surface area contributed by atoms with Crippen molar-refractivity contribution in [3.05, 3.63) is 30.3 Å². The Bertz CT molecular complexity index is 511. The number of carbonyl (C=O) groups is 2. The van der Waals surface area contributed by atoms with E-state index in [1.54, 1.807) is 24.1 Å². The largest absolute Gasteiger partial charge is 0.481 e. The predicted octanol–water partition coefficient (Wildman–Crippen LogP) is 2.32. The summed E-state index contributed by atoms with van der Waals surface area (Å²) in [6, 6.07) is 10.9. The van der Waals surface area contributed by atoms with E-state index < -0.39 is 5.97 Å². The molecule has 0 aliphatic carbocycles. The second kappa shape index (κ2) is 8.59. The van der Waals surface area contributed by atoms with E-state index in [4.69, 9.17) is 10.4 Å². The van der Waals surface area contributed by atoms with Gasteiger partial charge in [0.1, 0.15) is 0 Å². The van der Waals surface area contributed by atoms with Gasteiger partial charge in [-0.05, 0) is 18.6 Å². The zero-order valence-corrected chi connectivity index (χ0v) is 12.0. The minimum Gasteiger partial charge on any atom is -0.481 e. The molecule has 21 heavy (non-hydrogen) atoms. The van der Waals surface area contributed by atoms with Crippen LogP contribution in [0.5, 0.6) is 0 Å². The molecule has 1 rings (SSSR count). The molecule has 0 atom stereocenters. The van der Waals surface area contributed by atoms with E-state index in [1.165, 1.54) is 4.90 Å². The summed E-state index contributed by atoms with van der Waals surface area (Å²) in [6.07, 6.45) is 0.653. The summed E-state index contributed by atoms with van der Waals surface area (Å²) in [7, 11) is 1.63. The molecule has 0 aliphatic heterocycles. The lowest BCUT2D eigenvalue weighted by Crippen LogP contribution is -2.42. The van der Waals surface area contributed by atoms with Gasteiger partial charge in [-0.2, -0.15) is 5.26 Å². The first-order chi connectivity index (χ1) is 10.1. The molecule has 1 aromatic rings. The molecule has 0 radical (unpaired) electrons. The Morgan fingerprint density at radius 3 is 2.48 bits per heavy atom. The van der Waals surface area contributed by atoms with E-state index in [9.17, 15) is 9.59 Å². The lowest BCUT2D eigenvalue weighted by Gasteiger charge is -2.28. The number of nitriles is 1. The number of amides is 2. The number of benzene rings is 1. The van der Waals surface area contributed by atoms with Gasteiger partial charge in [-0.1, -0.05) is 18.2 Å². The van der Waals surface area contributed by atoms with Gasteiger partial charge in [-0.3, -0.25) is 9.69 Å². The summed E-state index contributed by atoms with van der Waals surface area (Å²) in [5.41, 5.74) is 0.719. The Labute approximate surface area is 124 Å². The third-order valence-electron chi connectivity index (χ3n) is 2.96. The SMILES string of the molecule is CN(CCC#N)C(=O)N(CCCC(=O)O)c1ccccc1. The third-order valence-corrected chi connectivity index (χ3v) is 2.96. The van der Waals surface area contributed by atoms with Crippen molar-refractivity contribution in [3.63, 3.8) is 0 Å². The van der Waals surface area contributed by atoms with Crippen molar-refractivity contribution in [1.29, 1.82) is 5.26 Å². The van der Waals surface area contributed by atoms with Crippen molar-refractivity contribution in [2.75, 3.05) is 25.0 Å². The fraction of sp³-hybridized carbons (Fsp3) is 0.400. The summed E-state index contributed by atoms with van der Waals surface area (Å²) in [5, 5.41) is 17.3. The maximum atomic E-state index is 12.4. The molecule has 6 nitrogen and oxygen atoms in total. The summed E-state index contributed by atoms with van der Waals surface area (Å²) < 4.78 is 0. The molecule has 1 aromatic carbocycles. The summed E-state index contributed by atoms with van der Waals surface area (Å²) in [4.78, 5) is 26.0. The third kappa shape index (κ3) is 5.53. The van der Waals surface area contributed by atoms with E-state index in [-0.39, 0.29) is 18.9 Å². The number of nitrogens with zero attached hydrogens (tertiary/aromatic N) is 3. The van der Waals surface area contributed by atoms with Gasteiger partial charge in [0.05, 0.1) is 12.5 Å². The second-order valence-electron chi connectivity index (χ2n) is 4.60. The van der Waals surface area contributed by atoms with E-state index in [0.29, 0.717) is 19.5 Å². The highest BCUT2D eigenvalue weighted by molar-refractivity contribution is 5.91. The van der Waals surface area contributed by atoms with Crippen molar-refractivity contribution >= 4 is 17.7 Å². The topological polar surface area (TPSA) is 84.6 Å². The van der Waals surface area contributed by atoms with Gasteiger partial charge in [0.15, 0.2) is 0 Å². The van der Waals surface area contributed by atoms with E-state index in [2.05, 4.69) is 0 Å². The van der Waals surface area contributed by atoms with Crippen LogP contribution in [0.15, 0.2) is 30.3 Å². The van der Waals surface area contributed by atoms with Gasteiger partial charge in [-0.15, -0.1) is 0 Å². The minimum absolute atomic E-state index is 0.0124. The zero-order chi connectivity index (χ0) is 15.7. The lowest BCUT2D eigenvalue weighted by molar-refractivity contribution is -0.137. The van der Waals surface area contributed by atoms with Crippen LogP contribution in [0.25, 0.3) is 0 Å². The van der Waals surface area contributed by atoms with Crippen LogP contribution in [0.4, 0.5) is 10.5 Å². The number of para-hydroxylation sites is 1. The molecule has 0 heterocycles. The number of carboxylic acids is 1. The quantitative estimate of drug-likeness (QED) is 0.834. The van der Waals surface area contributed by atoms with Crippen LogP contribution in [-0.2, 0) is 4.79 Å². The van der Waals surface area contributed by atoms with Crippen molar-refractivity contribution in [2.24, 2.45) is 0 Å². The molecular weight excluding hydrogens is 270 g/mol. The van der Waals surface area contributed by atoms with Gasteiger partial charge >= 0.3 is 12.0 Å². The molecule has 6 heteroatoms. The number of carbonyl (C=O) groups excluding carboxylic acids is 1. The number of rotatable bonds is 7. The molecule has 112 valence electrons. The molecule has 0 unspecified atom stereocenters. The molecule has 0 aromatic heterocycles. The van der Waals surface area contributed by atoms with Crippen LogP contribution in [0.3, 0.4) is 0 Å². The maximum Gasteiger partial charge on any atom is 0.324 e. The first kappa shape index (κ1) is 16.5. The van der Waals surface area contributed by atoms with Crippen LogP contribution in [0.2, 0.25) is 0 Å². The minimum atomic E-state index is -0.881. The maximum absolute atomic E-state index is 12.4. The van der Waals surface area contributed by atoms with Crippen LogP contribution in [0, 0.1) is 11.3 Å².